The SMILES string of the molecule is CC(C)C[C@H](NC(=O)[C@@H](NC(=O)[C@H](CCCNC(=N)N)NC(=O)[C@H](CCC(=O)O)NC(=O)CNC(=O)[C@H](CO)NC(=O)[C@@H](N(C)C(=O)[C@H](CC(C)C)NC(=O)[C@H](CC(=O)O)NC(=O)[C@H](CCCCN)NC(=O)[C@@H]1CCCN1C(=O)[C@H](CC(=O)O)NC(=O)[C@H](CCC(=O)O)NC(=O)[C@H](C)NC(=O)[C@H](CC(N)=O)NC(=O)[C@H](CC(N)=O)NC(=O)[C@@H](N)CO)C(C)(C)C)C(C)C)C(=O)N[C@@H](CCC(N)=O)C(=O)N[C@H](C(=O)O)[C@@H](C)O. The zero-order valence-corrected chi connectivity index (χ0v) is 83.9. The van der Waals surface area contributed by atoms with Crippen LogP contribution in [0.25, 0.3) is 0 Å². The Hall–Kier alpha value is -14.7. The number of carbonyl (C=O) groups excluding carboxylic acids is 21. The highest BCUT2D eigenvalue weighted by Gasteiger charge is 2.46. The van der Waals surface area contributed by atoms with Gasteiger partial charge in [-0.2, -0.15) is 0 Å². The molecule has 1 aliphatic heterocycles. The van der Waals surface area contributed by atoms with Crippen LogP contribution in [0.2, 0.25) is 0 Å². The topological polar surface area (TPSA) is 997 Å². The highest BCUT2D eigenvalue weighted by atomic mass is 16.4. The van der Waals surface area contributed by atoms with E-state index in [-0.39, 0.29) is 83.3 Å². The number of nitrogens with zero attached hydrogens (tertiary/aromatic N) is 2. The number of nitrogens with two attached hydrogens (primary N) is 6. The first kappa shape index (κ1) is 130. The minimum absolute atomic E-state index is 0.00633. The van der Waals surface area contributed by atoms with Crippen LogP contribution in [0.4, 0.5) is 0 Å². The van der Waals surface area contributed by atoms with Gasteiger partial charge in [0, 0.05) is 39.4 Å². The zero-order valence-electron chi connectivity index (χ0n) is 83.9. The van der Waals surface area contributed by atoms with Crippen molar-refractivity contribution in [3.8, 4) is 0 Å². The quantitative estimate of drug-likeness (QED) is 0.0153. The fourth-order valence-corrected chi connectivity index (χ4v) is 14.8. The number of rotatable bonds is 69. The number of aliphatic hydroxyl groups is 3. The van der Waals surface area contributed by atoms with Crippen molar-refractivity contribution in [2.75, 3.05) is 46.4 Å². The fraction of sp³-hybridized carbons (Fsp3) is 0.690. The van der Waals surface area contributed by atoms with E-state index < -0.39 is 376 Å². The lowest BCUT2D eigenvalue weighted by Gasteiger charge is -2.39. The van der Waals surface area contributed by atoms with Gasteiger partial charge in [0.2, 0.25) is 124 Å². The molecule has 0 spiro atoms. The van der Waals surface area contributed by atoms with E-state index >= 15 is 0 Å². The molecule has 0 aromatic rings. The lowest BCUT2D eigenvalue weighted by molar-refractivity contribution is -0.147. The normalized spacial score (nSPS) is 15.9. The van der Waals surface area contributed by atoms with Crippen LogP contribution in [0.5, 0.6) is 0 Å². The summed E-state index contributed by atoms with van der Waals surface area (Å²) in [6, 6.07) is -32.1. The smallest absolute Gasteiger partial charge is 0.328 e. The Morgan fingerprint density at radius 1 is 0.408 bits per heavy atom. The number of guanidine groups is 1. The van der Waals surface area contributed by atoms with Gasteiger partial charge in [-0.1, -0.05) is 62.3 Å². The molecule has 1 rings (SSSR count). The third-order valence-electron chi connectivity index (χ3n) is 22.3. The van der Waals surface area contributed by atoms with Crippen LogP contribution < -0.4 is 125 Å². The van der Waals surface area contributed by atoms with Gasteiger partial charge in [0.25, 0.3) is 0 Å². The Morgan fingerprint density at radius 3 is 1.26 bits per heavy atom. The standard InChI is InChI=1S/C87H146N26O34/c1-38(2)29-49(77(138)101-47(20-23-57(90)117)75(136)111-66(42(8)116)85(146)147)106-81(142)65(40(5)6)110-74(135)45(18-15-27-95-86(93)94)100-72(133)46(21-24-61(121)122)98-60(120)35-96-70(131)55(37-115)109-82(143)67(87(9,10)11)112(12)83(144)53(30-39(3)4)107-79(140)52(33-63(125)126)105-71(132)44(17-13-14-26-88)102-80(141)56-19-16-28-113(56)84(145)54(34-64(127)128)108-73(134)48(22-25-62(123)124)99-68(129)41(7)97-76(137)50(31-58(91)118)104-78(139)51(32-59(92)119)103-69(130)43(89)36-114/h38-56,65-67,114-116H,13-37,88-89H2,1-12H3,(H2,90,117)(H2,91,118)(H2,92,119)(H,96,131)(H,97,137)(H,98,120)(H,99,129)(H,100,133)(H,101,138)(H,102,141)(H,103,130)(H,104,139)(H,105,132)(H,106,142)(H,107,140)(H,108,134)(H,109,143)(H,110,135)(H,111,136)(H,121,122)(H,123,124)(H,125,126)(H,127,128)(H,146,147)(H4,93,94,95)/t41-,42+,43-,44-,45-,46-,47-,48-,49-,50-,51-,52-,53-,54-,55-,56-,65-,66-,67+/m0/s1. The first-order chi connectivity index (χ1) is 68.3. The molecule has 0 unspecified atom stereocenters. The van der Waals surface area contributed by atoms with Crippen molar-refractivity contribution in [2.45, 2.75) is 313 Å². The Kier molecular flexibility index (Phi) is 56.9. The van der Waals surface area contributed by atoms with Crippen molar-refractivity contribution in [3.63, 3.8) is 0 Å². The molecule has 60 heteroatoms. The lowest BCUT2D eigenvalue weighted by atomic mass is 9.84. The minimum atomic E-state index is -2.13. The van der Waals surface area contributed by atoms with Crippen LogP contribution in [0.1, 0.15) is 198 Å². The summed E-state index contributed by atoms with van der Waals surface area (Å²) in [5, 5.41) is 126. The van der Waals surface area contributed by atoms with Gasteiger partial charge in [-0.15, -0.1) is 0 Å². The average molecular weight is 2100 g/mol. The number of carboxylic acid groups (broad SMARTS) is 5. The number of carbonyl (C=O) groups is 26. The molecule has 1 aliphatic rings. The molecular formula is C87H146N26O34. The molecule has 60 nitrogen and oxygen atoms in total. The summed E-state index contributed by atoms with van der Waals surface area (Å²) in [6.07, 6.45) is -11.1. The van der Waals surface area contributed by atoms with Gasteiger partial charge >= 0.3 is 29.8 Å². The van der Waals surface area contributed by atoms with Crippen molar-refractivity contribution in [3.05, 3.63) is 0 Å². The monoisotopic (exact) mass is 2100 g/mol. The first-order valence-electron chi connectivity index (χ1n) is 47.1. The maximum atomic E-state index is 14.9. The third kappa shape index (κ3) is 48.2. The van der Waals surface area contributed by atoms with E-state index in [0.717, 1.165) is 30.7 Å². The lowest BCUT2D eigenvalue weighted by Crippen LogP contribution is -2.62. The molecule has 1 saturated heterocycles. The highest BCUT2D eigenvalue weighted by Crippen LogP contribution is 2.27. The van der Waals surface area contributed by atoms with Crippen LogP contribution >= 0.6 is 0 Å². The molecule has 0 aliphatic carbocycles. The Bertz CT molecular complexity index is 4670. The largest absolute Gasteiger partial charge is 0.481 e. The van der Waals surface area contributed by atoms with Gasteiger partial charge < -0.3 is 175 Å². The van der Waals surface area contributed by atoms with Gasteiger partial charge in [0.1, 0.15) is 103 Å². The van der Waals surface area contributed by atoms with E-state index in [1.54, 1.807) is 27.7 Å². The second-order valence-corrected chi connectivity index (χ2v) is 37.3. The van der Waals surface area contributed by atoms with Gasteiger partial charge in [-0.3, -0.25) is 125 Å². The number of unbranched alkanes of at least 4 members (excludes halogenated alkanes) is 1. The number of hydrogen-bond acceptors (Lipinski definition) is 32. The second-order valence-electron chi connectivity index (χ2n) is 37.3. The van der Waals surface area contributed by atoms with Crippen LogP contribution in [0, 0.1) is 28.6 Å². The second kappa shape index (κ2) is 64.2. The number of carboxylic acids is 5. The Balaban J connectivity index is 3.66. The van der Waals surface area contributed by atoms with E-state index in [4.69, 9.17) is 39.8 Å². The molecule has 1 fully saturated rings. The van der Waals surface area contributed by atoms with Crippen molar-refractivity contribution in [2.24, 2.45) is 57.6 Å². The molecule has 828 valence electrons. The summed E-state index contributed by atoms with van der Waals surface area (Å²) in [4.78, 5) is 351. The summed E-state index contributed by atoms with van der Waals surface area (Å²) in [7, 11) is 1.11. The maximum Gasteiger partial charge on any atom is 0.328 e. The molecule has 0 radical (unpaired) electrons. The number of likely N-dealkylation sites (tertiary alicyclic amines) is 1. The van der Waals surface area contributed by atoms with Gasteiger partial charge in [0.15, 0.2) is 12.0 Å². The Morgan fingerprint density at radius 2 is 0.810 bits per heavy atom. The number of amides is 21. The summed E-state index contributed by atoms with van der Waals surface area (Å²) >= 11 is 0. The fourth-order valence-electron chi connectivity index (χ4n) is 14.8. The summed E-state index contributed by atoms with van der Waals surface area (Å²) in [5.41, 5.74) is 31.2. The molecule has 1 heterocycles. The number of nitrogens with one attached hydrogen (secondary N) is 18. The predicted octanol–water partition coefficient (Wildman–Crippen LogP) is -13.1. The third-order valence-corrected chi connectivity index (χ3v) is 22.3. The van der Waals surface area contributed by atoms with Gasteiger partial charge in [-0.05, 0) is 121 Å². The minimum Gasteiger partial charge on any atom is -0.481 e. The van der Waals surface area contributed by atoms with Crippen LogP contribution in [0.3, 0.4) is 0 Å². The van der Waals surface area contributed by atoms with Crippen LogP contribution in [0.15, 0.2) is 0 Å². The number of primary amides is 3. The van der Waals surface area contributed by atoms with Crippen molar-refractivity contribution < 1.29 is 166 Å². The summed E-state index contributed by atoms with van der Waals surface area (Å²) in [5.74, 6) is -35.2. The molecule has 19 atom stereocenters. The molecule has 147 heavy (non-hydrogen) atoms. The van der Waals surface area contributed by atoms with E-state index in [1.807, 2.05) is 5.32 Å². The van der Waals surface area contributed by atoms with E-state index in [0.29, 0.717) is 0 Å². The number of hydrogen-bond donors (Lipinski definition) is 32. The summed E-state index contributed by atoms with van der Waals surface area (Å²) in [6.45, 7) is 12.3. The predicted molar refractivity (Wildman–Crippen MR) is 510 cm³/mol. The molecule has 0 aromatic carbocycles. The number of likely N-dealkylation sites (N-methyl/N-ethyl adjacent to an activating group) is 1. The molecule has 0 bridgehead atoms. The number of aliphatic carboxylic acids is 5. The number of aliphatic hydroxyl groups excluding tert-OH is 3. The Labute approximate surface area is 844 Å². The average Bonchev–Trinajstić information content (AvgIpc) is 1.79. The van der Waals surface area contributed by atoms with Gasteiger partial charge in [0.05, 0.1) is 51.5 Å². The van der Waals surface area contributed by atoms with E-state index in [1.165, 1.54) is 34.6 Å². The highest BCUT2D eigenvalue weighted by molar-refractivity contribution is 6.04. The van der Waals surface area contributed by atoms with Crippen LogP contribution in [-0.2, 0) is 125 Å². The molecule has 0 saturated carbocycles. The first-order valence-corrected chi connectivity index (χ1v) is 47.1. The molecule has 0 aromatic heterocycles. The van der Waals surface area contributed by atoms with Crippen LogP contribution in [-0.4, -0.2) is 372 Å². The van der Waals surface area contributed by atoms with Crippen molar-refractivity contribution in [1.29, 1.82) is 5.41 Å². The van der Waals surface area contributed by atoms with E-state index in [2.05, 4.69) is 85.1 Å². The molecular weight excluding hydrogens is 1950 g/mol. The van der Waals surface area contributed by atoms with Crippen molar-refractivity contribution >= 4 is 160 Å². The maximum absolute atomic E-state index is 14.9. The van der Waals surface area contributed by atoms with Gasteiger partial charge in [-0.25, -0.2) is 4.79 Å². The zero-order chi connectivity index (χ0) is 113. The summed E-state index contributed by atoms with van der Waals surface area (Å²) < 4.78 is 0. The molecule has 21 amide bonds. The van der Waals surface area contributed by atoms with Crippen molar-refractivity contribution in [1.82, 2.24) is 100 Å². The van der Waals surface area contributed by atoms with E-state index in [9.17, 15) is 166 Å². The molecule has 38 N–H and O–H groups in total.